The number of carbonyl (C=O) groups is 2. The third-order valence-corrected chi connectivity index (χ3v) is 3.68. The fourth-order valence-corrected chi connectivity index (χ4v) is 2.53. The van der Waals surface area contributed by atoms with Gasteiger partial charge in [-0.15, -0.1) is 0 Å². The van der Waals surface area contributed by atoms with Crippen molar-refractivity contribution in [3.05, 3.63) is 35.6 Å². The van der Waals surface area contributed by atoms with Gasteiger partial charge in [-0.25, -0.2) is 9.18 Å². The van der Waals surface area contributed by atoms with Crippen molar-refractivity contribution in [2.45, 2.75) is 37.8 Å². The molecule has 1 saturated carbocycles. The molecule has 0 aliphatic heterocycles. The molecule has 5 heteroatoms. The third-order valence-electron chi connectivity index (χ3n) is 3.68. The Hall–Kier alpha value is -1.91. The number of carbonyl (C=O) groups excluding carboxylic acids is 1. The molecular weight excluding hydrogens is 249 g/mol. The Morgan fingerprint density at radius 2 is 2.16 bits per heavy atom. The summed E-state index contributed by atoms with van der Waals surface area (Å²) < 4.78 is 14.0. The number of benzene rings is 1. The molecule has 0 heterocycles. The molecule has 1 aliphatic carbocycles. The fourth-order valence-electron chi connectivity index (χ4n) is 2.53. The molecule has 1 unspecified atom stereocenters. The summed E-state index contributed by atoms with van der Waals surface area (Å²) in [5, 5.41) is 9.61. The van der Waals surface area contributed by atoms with Crippen molar-refractivity contribution in [3.8, 4) is 0 Å². The van der Waals surface area contributed by atoms with Crippen LogP contribution in [0.1, 0.15) is 31.7 Å². The molecule has 0 saturated heterocycles. The highest BCUT2D eigenvalue weighted by Crippen LogP contribution is 2.40. The van der Waals surface area contributed by atoms with Gasteiger partial charge in [-0.3, -0.25) is 4.79 Å². The summed E-state index contributed by atoms with van der Waals surface area (Å²) in [4.78, 5) is 24.3. The minimum absolute atomic E-state index is 0.0454. The molecule has 1 aliphatic rings. The highest BCUT2D eigenvalue weighted by molar-refractivity contribution is 5.83. The van der Waals surface area contributed by atoms with E-state index in [0.29, 0.717) is 6.41 Å². The zero-order chi connectivity index (χ0) is 14.0. The van der Waals surface area contributed by atoms with E-state index in [2.05, 4.69) is 0 Å². The fraction of sp³-hybridized carbons (Fsp3) is 0.429. The molecule has 1 N–H and O–H groups in total. The van der Waals surface area contributed by atoms with Crippen LogP contribution in [0.5, 0.6) is 0 Å². The first-order chi connectivity index (χ1) is 9.07. The summed E-state index contributed by atoms with van der Waals surface area (Å²) >= 11 is 0. The van der Waals surface area contributed by atoms with Crippen LogP contribution >= 0.6 is 0 Å². The lowest BCUT2D eigenvalue weighted by molar-refractivity contribution is -0.157. The van der Waals surface area contributed by atoms with E-state index in [9.17, 15) is 19.1 Å². The van der Waals surface area contributed by atoms with E-state index in [1.807, 2.05) is 0 Å². The molecule has 1 amide bonds. The molecule has 19 heavy (non-hydrogen) atoms. The molecule has 1 atom stereocenters. The number of halogens is 1. The van der Waals surface area contributed by atoms with Crippen molar-refractivity contribution in [2.75, 3.05) is 0 Å². The van der Waals surface area contributed by atoms with Gasteiger partial charge in [-0.2, -0.15) is 0 Å². The predicted octanol–water partition coefficient (Wildman–Crippen LogP) is 2.14. The van der Waals surface area contributed by atoms with E-state index in [-0.39, 0.29) is 18.0 Å². The number of carboxylic acid groups (broad SMARTS) is 1. The van der Waals surface area contributed by atoms with Gasteiger partial charge in [0.1, 0.15) is 5.82 Å². The Morgan fingerprint density at radius 3 is 2.58 bits per heavy atom. The lowest BCUT2D eigenvalue weighted by atomic mass is 9.85. The Balaban J connectivity index is 2.59. The normalized spacial score (nSPS) is 17.6. The zero-order valence-electron chi connectivity index (χ0n) is 10.7. The SMILES string of the molecule is CCC(C(=O)O)(c1ccccc1F)N(C=O)C1CC1. The second-order valence-corrected chi connectivity index (χ2v) is 4.74. The Labute approximate surface area is 110 Å². The maximum absolute atomic E-state index is 14.0. The van der Waals surface area contributed by atoms with Crippen LogP contribution in [-0.4, -0.2) is 28.4 Å². The first-order valence-electron chi connectivity index (χ1n) is 6.30. The molecule has 1 aromatic carbocycles. The zero-order valence-corrected chi connectivity index (χ0v) is 10.7. The summed E-state index contributed by atoms with van der Waals surface area (Å²) in [5.41, 5.74) is -1.57. The van der Waals surface area contributed by atoms with Gasteiger partial charge in [0.2, 0.25) is 6.41 Å². The predicted molar refractivity (Wildman–Crippen MR) is 66.9 cm³/mol. The summed E-state index contributed by atoms with van der Waals surface area (Å²) in [6.45, 7) is 1.65. The second kappa shape index (κ2) is 4.99. The van der Waals surface area contributed by atoms with Gasteiger partial charge in [-0.05, 0) is 25.3 Å². The topological polar surface area (TPSA) is 57.6 Å². The Kier molecular flexibility index (Phi) is 3.55. The molecule has 1 aromatic rings. The summed E-state index contributed by atoms with van der Waals surface area (Å²) in [6, 6.07) is 5.64. The van der Waals surface area contributed by atoms with Crippen molar-refractivity contribution in [1.29, 1.82) is 0 Å². The smallest absolute Gasteiger partial charge is 0.334 e. The minimum atomic E-state index is -1.62. The van der Waals surface area contributed by atoms with E-state index in [0.717, 1.165) is 12.8 Å². The van der Waals surface area contributed by atoms with Crippen LogP contribution in [0, 0.1) is 5.82 Å². The second-order valence-electron chi connectivity index (χ2n) is 4.74. The van der Waals surface area contributed by atoms with Crippen molar-refractivity contribution in [2.24, 2.45) is 0 Å². The van der Waals surface area contributed by atoms with Gasteiger partial charge in [0.05, 0.1) is 0 Å². The maximum atomic E-state index is 14.0. The van der Waals surface area contributed by atoms with Crippen molar-refractivity contribution in [3.63, 3.8) is 0 Å². The van der Waals surface area contributed by atoms with Gasteiger partial charge >= 0.3 is 5.97 Å². The summed E-state index contributed by atoms with van der Waals surface area (Å²) in [5.74, 6) is -1.79. The molecule has 0 bridgehead atoms. The van der Waals surface area contributed by atoms with Gasteiger partial charge in [0.25, 0.3) is 0 Å². The number of nitrogens with zero attached hydrogens (tertiary/aromatic N) is 1. The Bertz CT molecular complexity index is 501. The van der Waals surface area contributed by atoms with E-state index in [4.69, 9.17) is 0 Å². The van der Waals surface area contributed by atoms with Crippen LogP contribution in [0.15, 0.2) is 24.3 Å². The number of hydrogen-bond acceptors (Lipinski definition) is 2. The number of rotatable bonds is 6. The number of amides is 1. The average molecular weight is 265 g/mol. The van der Waals surface area contributed by atoms with E-state index < -0.39 is 17.3 Å². The van der Waals surface area contributed by atoms with Crippen molar-refractivity contribution in [1.82, 2.24) is 4.90 Å². The molecule has 1 fully saturated rings. The first-order valence-corrected chi connectivity index (χ1v) is 6.30. The first kappa shape index (κ1) is 13.5. The van der Waals surface area contributed by atoms with Crippen LogP contribution in [0.3, 0.4) is 0 Å². The summed E-state index contributed by atoms with van der Waals surface area (Å²) in [6.07, 6.45) is 2.19. The summed E-state index contributed by atoms with van der Waals surface area (Å²) in [7, 11) is 0. The van der Waals surface area contributed by atoms with Gasteiger partial charge in [-0.1, -0.05) is 25.1 Å². The molecule has 0 aromatic heterocycles. The monoisotopic (exact) mass is 265 g/mol. The molecule has 4 nitrogen and oxygen atoms in total. The van der Waals surface area contributed by atoms with Crippen LogP contribution in [-0.2, 0) is 15.1 Å². The Morgan fingerprint density at radius 1 is 1.53 bits per heavy atom. The van der Waals surface area contributed by atoms with Crippen LogP contribution in [0.4, 0.5) is 4.39 Å². The van der Waals surface area contributed by atoms with Gasteiger partial charge in [0, 0.05) is 11.6 Å². The molecule has 0 radical (unpaired) electrons. The van der Waals surface area contributed by atoms with Crippen LogP contribution in [0.2, 0.25) is 0 Å². The number of aliphatic carboxylic acids is 1. The van der Waals surface area contributed by atoms with Crippen LogP contribution < -0.4 is 0 Å². The van der Waals surface area contributed by atoms with Crippen molar-refractivity contribution >= 4 is 12.4 Å². The van der Waals surface area contributed by atoms with E-state index >= 15 is 0 Å². The van der Waals surface area contributed by atoms with E-state index in [1.165, 1.54) is 23.1 Å². The average Bonchev–Trinajstić information content (AvgIpc) is 3.21. The number of carboxylic acids is 1. The van der Waals surface area contributed by atoms with Gasteiger partial charge < -0.3 is 10.0 Å². The van der Waals surface area contributed by atoms with Crippen molar-refractivity contribution < 1.29 is 19.1 Å². The maximum Gasteiger partial charge on any atom is 0.334 e. The largest absolute Gasteiger partial charge is 0.479 e. The highest BCUT2D eigenvalue weighted by Gasteiger charge is 2.50. The third kappa shape index (κ3) is 2.09. The lowest BCUT2D eigenvalue weighted by Crippen LogP contribution is -2.52. The highest BCUT2D eigenvalue weighted by atomic mass is 19.1. The quantitative estimate of drug-likeness (QED) is 0.802. The minimum Gasteiger partial charge on any atom is -0.479 e. The standard InChI is InChI=1S/C14H16FNO3/c1-2-14(13(18)19,16(9-17)10-7-8-10)11-5-3-4-6-12(11)15/h3-6,9-10H,2,7-8H2,1H3,(H,18,19). The molecule has 102 valence electrons. The molecular formula is C14H16FNO3. The number of hydrogen-bond donors (Lipinski definition) is 1. The van der Waals surface area contributed by atoms with E-state index in [1.54, 1.807) is 13.0 Å². The van der Waals surface area contributed by atoms with Crippen LogP contribution in [0.25, 0.3) is 0 Å². The molecule has 2 rings (SSSR count). The molecule has 0 spiro atoms. The van der Waals surface area contributed by atoms with Gasteiger partial charge in [0.15, 0.2) is 5.54 Å². The lowest BCUT2D eigenvalue weighted by Gasteiger charge is -2.38.